The lowest BCUT2D eigenvalue weighted by molar-refractivity contribution is -0.228. The molecule has 2 N–H and O–H groups in total. The Morgan fingerprint density at radius 1 is 1.03 bits per heavy atom. The molecular formula is C47H55N5O8. The second-order valence-electron chi connectivity index (χ2n) is 17.7. The molecule has 1 aliphatic carbocycles. The van der Waals surface area contributed by atoms with Crippen molar-refractivity contribution >= 4 is 34.5 Å². The largest absolute Gasteiger partial charge is 0.496 e. The Labute approximate surface area is 350 Å². The highest BCUT2D eigenvalue weighted by molar-refractivity contribution is 5.95. The van der Waals surface area contributed by atoms with E-state index in [0.717, 1.165) is 33.3 Å². The fraction of sp³-hybridized carbons (Fsp3) is 0.532. The minimum Gasteiger partial charge on any atom is -0.496 e. The van der Waals surface area contributed by atoms with Gasteiger partial charge in [0.05, 0.1) is 39.4 Å². The number of rotatable bonds is 7. The van der Waals surface area contributed by atoms with Crippen LogP contribution >= 0.6 is 0 Å². The Bertz CT molecular complexity index is 2400. The summed E-state index contributed by atoms with van der Waals surface area (Å²) in [5, 5.41) is 25.2. The molecule has 1 spiro atoms. The molecule has 316 valence electrons. The maximum Gasteiger partial charge on any atom is 0.344 e. The maximum absolute atomic E-state index is 15.4. The molecule has 3 aromatic rings. The molecule has 2 fully saturated rings. The number of para-hydroxylation sites is 1. The topological polar surface area (TPSA) is 158 Å². The average Bonchev–Trinajstić information content (AvgIpc) is 3.92. The first kappa shape index (κ1) is 40.1. The summed E-state index contributed by atoms with van der Waals surface area (Å²) < 4.78 is 24.0. The van der Waals surface area contributed by atoms with E-state index in [2.05, 4.69) is 46.1 Å². The van der Waals surface area contributed by atoms with Gasteiger partial charge in [0.15, 0.2) is 6.10 Å². The quantitative estimate of drug-likeness (QED) is 0.189. The van der Waals surface area contributed by atoms with Crippen LogP contribution in [0.25, 0.3) is 10.9 Å². The number of aliphatic hydroxyl groups is 1. The number of H-pyrrole nitrogens is 1. The average molecular weight is 818 g/mol. The van der Waals surface area contributed by atoms with Crippen LogP contribution in [-0.2, 0) is 45.8 Å². The van der Waals surface area contributed by atoms with Gasteiger partial charge >= 0.3 is 17.9 Å². The number of aromatic amines is 1. The van der Waals surface area contributed by atoms with Crippen LogP contribution in [0.3, 0.4) is 0 Å². The Morgan fingerprint density at radius 2 is 1.80 bits per heavy atom. The maximum atomic E-state index is 15.4. The van der Waals surface area contributed by atoms with Crippen molar-refractivity contribution in [1.82, 2.24) is 14.8 Å². The normalized spacial score (nSPS) is 33.9. The molecule has 5 aliphatic heterocycles. The number of esters is 3. The van der Waals surface area contributed by atoms with Gasteiger partial charge in [-0.1, -0.05) is 44.2 Å². The van der Waals surface area contributed by atoms with Gasteiger partial charge in [-0.05, 0) is 79.6 Å². The summed E-state index contributed by atoms with van der Waals surface area (Å²) in [6, 6.07) is 13.5. The number of methoxy groups -OCH3 is 3. The van der Waals surface area contributed by atoms with Crippen LogP contribution in [-0.4, -0.2) is 116 Å². The number of aromatic nitrogens is 1. The number of benzene rings is 2. The Balaban J connectivity index is 1.38. The Morgan fingerprint density at radius 3 is 2.48 bits per heavy atom. The van der Waals surface area contributed by atoms with Crippen molar-refractivity contribution < 1.29 is 38.4 Å². The highest BCUT2D eigenvalue weighted by Crippen LogP contribution is 2.68. The summed E-state index contributed by atoms with van der Waals surface area (Å²) >= 11 is 0. The smallest absolute Gasteiger partial charge is 0.344 e. The van der Waals surface area contributed by atoms with E-state index in [1.54, 1.807) is 7.11 Å². The van der Waals surface area contributed by atoms with Gasteiger partial charge in [0.25, 0.3) is 0 Å². The van der Waals surface area contributed by atoms with E-state index in [4.69, 9.17) is 18.9 Å². The summed E-state index contributed by atoms with van der Waals surface area (Å²) in [5.74, 6) is -2.25. The molecule has 1 saturated carbocycles. The van der Waals surface area contributed by atoms with Crippen molar-refractivity contribution in [1.29, 1.82) is 5.26 Å². The lowest BCUT2D eigenvalue weighted by atomic mass is 9.47. The van der Waals surface area contributed by atoms with Gasteiger partial charge in [-0.3, -0.25) is 14.5 Å². The summed E-state index contributed by atoms with van der Waals surface area (Å²) in [5.41, 5.74) is 0.0392. The van der Waals surface area contributed by atoms with Crippen LogP contribution in [0.15, 0.2) is 60.3 Å². The Hall–Kier alpha value is -5.32. The van der Waals surface area contributed by atoms with Crippen LogP contribution in [0.2, 0.25) is 0 Å². The zero-order valence-corrected chi connectivity index (χ0v) is 35.5. The van der Waals surface area contributed by atoms with Crippen molar-refractivity contribution in [3.63, 3.8) is 0 Å². The number of fused-ring (bicyclic) bond motifs is 6. The lowest BCUT2D eigenvalue weighted by Crippen LogP contribution is -2.81. The third-order valence-corrected chi connectivity index (χ3v) is 15.4. The molecule has 0 unspecified atom stereocenters. The first-order chi connectivity index (χ1) is 28.9. The van der Waals surface area contributed by atoms with E-state index in [-0.39, 0.29) is 18.4 Å². The van der Waals surface area contributed by atoms with Gasteiger partial charge in [-0.15, -0.1) is 0 Å². The molecule has 60 heavy (non-hydrogen) atoms. The van der Waals surface area contributed by atoms with E-state index in [1.807, 2.05) is 55.3 Å². The van der Waals surface area contributed by atoms with Crippen molar-refractivity contribution in [2.75, 3.05) is 59.5 Å². The summed E-state index contributed by atoms with van der Waals surface area (Å²) in [6.45, 7) is 7.94. The van der Waals surface area contributed by atoms with Gasteiger partial charge in [-0.25, -0.2) is 4.79 Å². The first-order valence-corrected chi connectivity index (χ1v) is 21.2. The number of hydrogen-bond donors (Lipinski definition) is 2. The van der Waals surface area contributed by atoms with Crippen molar-refractivity contribution in [3.8, 4) is 11.8 Å². The third-order valence-electron chi connectivity index (χ3n) is 15.4. The molecule has 2 bridgehead atoms. The Kier molecular flexibility index (Phi) is 9.44. The molecule has 6 heterocycles. The second-order valence-corrected chi connectivity index (χ2v) is 17.7. The molecule has 0 radical (unpaired) electrons. The van der Waals surface area contributed by atoms with Gasteiger partial charge in [0, 0.05) is 84.4 Å². The number of nitriles is 1. The van der Waals surface area contributed by atoms with Gasteiger partial charge in [0.2, 0.25) is 5.60 Å². The zero-order chi connectivity index (χ0) is 42.5. The van der Waals surface area contributed by atoms with Crippen LogP contribution in [0, 0.1) is 28.6 Å². The summed E-state index contributed by atoms with van der Waals surface area (Å²) in [4.78, 5) is 53.2. The minimum atomic E-state index is -2.32. The minimum absolute atomic E-state index is 0.241. The van der Waals surface area contributed by atoms with Crippen LogP contribution in [0.4, 0.5) is 5.69 Å². The standard InChI is InChI=1S/C47H55N5O8/c1-8-28-25-51-19-15-31-30-13-10-11-14-35(30)49-38(31)46(42(54)58-6,23-29(26-51)32(28)24-48)34-21-33-36(22-37(34)57-5)50(4)40-45(33)17-20-52-18-12-16-44(9-2,39(45)52)41(60-27(3)53)47(40,56)43(55)59-7/h10-14,16,21-22,25,29,32,39-41,49,56H,8-9,15,17-20,23,26H2,1-7H3/t29-,32-,39+,40-,41-,44-,45-,46+,47+/m1/s1. The summed E-state index contributed by atoms with van der Waals surface area (Å²) in [7, 11) is 6.11. The number of hydrogen-bond acceptors (Lipinski definition) is 12. The zero-order valence-electron chi connectivity index (χ0n) is 35.5. The second kappa shape index (κ2) is 14.1. The fourth-order valence-electron chi connectivity index (χ4n) is 13.3. The number of allylic oxidation sites excluding steroid dienone is 1. The molecule has 1 saturated heterocycles. The molecule has 9 rings (SSSR count). The number of nitrogens with zero attached hydrogens (tertiary/aromatic N) is 4. The van der Waals surface area contributed by atoms with Crippen molar-refractivity contribution in [3.05, 3.63) is 82.7 Å². The van der Waals surface area contributed by atoms with Crippen LogP contribution in [0.5, 0.6) is 5.75 Å². The number of carbonyl (C=O) groups excluding carboxylic acids is 3. The molecular weight excluding hydrogens is 763 g/mol. The molecule has 0 amide bonds. The SMILES string of the molecule is CCC1=CN2CCc3c([nH]c4ccccc34)[C@@](C(=O)OC)(c3cc4c(cc3OC)N(C)[C@H]3[C@@](O)(C(=O)OC)[C@H](OC(C)=O)[C@]5(CC)C=CCN6CC[C@]43[C@@H]65)C[C@H](C2)[C@@H]1C#N. The van der Waals surface area contributed by atoms with Gasteiger partial charge < -0.3 is 38.8 Å². The number of carbonyl (C=O) groups is 3. The van der Waals surface area contributed by atoms with Crippen molar-refractivity contribution in [2.24, 2.45) is 17.3 Å². The third kappa shape index (κ3) is 5.00. The predicted octanol–water partition coefficient (Wildman–Crippen LogP) is 4.89. The molecule has 1 aromatic heterocycles. The van der Waals surface area contributed by atoms with E-state index in [1.165, 1.54) is 21.1 Å². The van der Waals surface area contributed by atoms with Gasteiger partial charge in [0.1, 0.15) is 11.2 Å². The van der Waals surface area contributed by atoms with E-state index in [9.17, 15) is 20.0 Å². The monoisotopic (exact) mass is 817 g/mol. The lowest BCUT2D eigenvalue weighted by Gasteiger charge is -2.63. The first-order valence-electron chi connectivity index (χ1n) is 21.2. The van der Waals surface area contributed by atoms with E-state index in [0.29, 0.717) is 68.9 Å². The highest BCUT2D eigenvalue weighted by atomic mass is 16.6. The number of anilines is 1. The molecule has 9 atom stereocenters. The van der Waals surface area contributed by atoms with E-state index >= 15 is 4.79 Å². The van der Waals surface area contributed by atoms with Crippen LogP contribution in [0.1, 0.15) is 68.8 Å². The summed E-state index contributed by atoms with van der Waals surface area (Å²) in [6.07, 6.45) is 7.54. The fourth-order valence-corrected chi connectivity index (χ4v) is 13.3. The van der Waals surface area contributed by atoms with Gasteiger partial charge in [-0.2, -0.15) is 5.26 Å². The molecule has 13 nitrogen and oxygen atoms in total. The van der Waals surface area contributed by atoms with Crippen LogP contribution < -0.4 is 9.64 Å². The number of nitrogens with one attached hydrogen (secondary N) is 1. The van der Waals surface area contributed by atoms with Crippen molar-refractivity contribution in [2.45, 2.75) is 87.5 Å². The number of likely N-dealkylation sites (N-methyl/N-ethyl adjacent to an activating group) is 1. The highest BCUT2D eigenvalue weighted by Gasteiger charge is 2.80. The number of ether oxygens (including phenoxy) is 4. The molecule has 6 aliphatic rings. The molecule has 13 heteroatoms. The molecule has 2 aromatic carbocycles. The van der Waals surface area contributed by atoms with E-state index < -0.39 is 57.8 Å². The predicted molar refractivity (Wildman–Crippen MR) is 223 cm³/mol.